The van der Waals surface area contributed by atoms with Gasteiger partial charge in [-0.25, -0.2) is 0 Å². The summed E-state index contributed by atoms with van der Waals surface area (Å²) >= 11 is 0. The second-order valence-corrected chi connectivity index (χ2v) is 3.32. The molecule has 0 amide bonds. The van der Waals surface area contributed by atoms with Crippen LogP contribution in [0.25, 0.3) is 0 Å². The molecule has 0 aliphatic carbocycles. The number of methoxy groups -OCH3 is 1. The molecule has 0 aliphatic rings. The third-order valence-corrected chi connectivity index (χ3v) is 2.29. The van der Waals surface area contributed by atoms with Crippen molar-refractivity contribution in [1.29, 1.82) is 0 Å². The molecule has 1 rings (SSSR count). The maximum atomic E-state index is 5.73. The highest BCUT2D eigenvalue weighted by atomic mass is 16.5. The number of hydrogen-bond acceptors (Lipinski definition) is 2. The van der Waals surface area contributed by atoms with Crippen LogP contribution in [0.5, 0.6) is 5.75 Å². The van der Waals surface area contributed by atoms with Crippen LogP contribution in [0, 0.1) is 0 Å². The second-order valence-electron chi connectivity index (χ2n) is 3.32. The molecule has 78 valence electrons. The van der Waals surface area contributed by atoms with Crippen molar-refractivity contribution in [2.75, 3.05) is 7.11 Å². The molecule has 0 aliphatic heterocycles. The minimum absolute atomic E-state index is 0.0902. The Labute approximate surface area is 85.8 Å². The number of benzene rings is 1. The quantitative estimate of drug-likeness (QED) is 0.717. The van der Waals surface area contributed by atoms with E-state index in [-0.39, 0.29) is 12.2 Å². The van der Waals surface area contributed by atoms with Crippen LogP contribution in [0.2, 0.25) is 0 Å². The molecule has 0 N–H and O–H groups in total. The van der Waals surface area contributed by atoms with E-state index < -0.39 is 0 Å². The lowest BCUT2D eigenvalue weighted by Gasteiger charge is -2.22. The van der Waals surface area contributed by atoms with Gasteiger partial charge < -0.3 is 9.47 Å². The summed E-state index contributed by atoms with van der Waals surface area (Å²) in [6.07, 6.45) is 1.22. The minimum atomic E-state index is 0.0902. The third kappa shape index (κ3) is 3.04. The van der Waals surface area contributed by atoms with Crippen molar-refractivity contribution in [2.24, 2.45) is 0 Å². The molecule has 2 heteroatoms. The molecular formula is C12H18O2. The maximum absolute atomic E-state index is 5.73. The number of hydrogen-bond donors (Lipinski definition) is 0. The molecule has 2 atom stereocenters. The first-order valence-corrected chi connectivity index (χ1v) is 5.02. The van der Waals surface area contributed by atoms with Gasteiger partial charge in [-0.1, -0.05) is 25.1 Å². The summed E-state index contributed by atoms with van der Waals surface area (Å²) in [7, 11) is 1.72. The van der Waals surface area contributed by atoms with Gasteiger partial charge in [0.2, 0.25) is 0 Å². The summed E-state index contributed by atoms with van der Waals surface area (Å²) < 4.78 is 11.0. The Hall–Kier alpha value is -1.02. The fourth-order valence-corrected chi connectivity index (χ4v) is 1.48. The zero-order valence-corrected chi connectivity index (χ0v) is 9.07. The van der Waals surface area contributed by atoms with E-state index in [2.05, 4.69) is 6.92 Å². The lowest BCUT2D eigenvalue weighted by atomic mass is 10.2. The number of para-hydroxylation sites is 1. The van der Waals surface area contributed by atoms with Crippen LogP contribution in [0.3, 0.4) is 0 Å². The molecule has 0 aromatic heterocycles. The van der Waals surface area contributed by atoms with Crippen molar-refractivity contribution >= 4 is 0 Å². The summed E-state index contributed by atoms with van der Waals surface area (Å²) in [6, 6.07) is 9.83. The van der Waals surface area contributed by atoms with Crippen LogP contribution < -0.4 is 4.74 Å². The summed E-state index contributed by atoms with van der Waals surface area (Å²) in [5, 5.41) is 0. The topological polar surface area (TPSA) is 18.5 Å². The maximum Gasteiger partial charge on any atom is 0.122 e. The van der Waals surface area contributed by atoms with Crippen molar-refractivity contribution in [3.05, 3.63) is 30.3 Å². The average molecular weight is 194 g/mol. The molecule has 0 bridgehead atoms. The van der Waals surface area contributed by atoms with Crippen LogP contribution >= 0.6 is 0 Å². The molecule has 14 heavy (non-hydrogen) atoms. The lowest BCUT2D eigenvalue weighted by molar-refractivity contribution is 0.00892. The van der Waals surface area contributed by atoms with Crippen molar-refractivity contribution in [3.8, 4) is 5.75 Å². The van der Waals surface area contributed by atoms with E-state index in [1.54, 1.807) is 7.11 Å². The molecule has 1 aromatic rings. The van der Waals surface area contributed by atoms with Gasteiger partial charge in [0.25, 0.3) is 0 Å². The molecule has 0 spiro atoms. The Balaban J connectivity index is 2.52. The lowest BCUT2D eigenvalue weighted by Crippen LogP contribution is -2.29. The fraction of sp³-hybridized carbons (Fsp3) is 0.500. The molecule has 0 saturated carbocycles. The monoisotopic (exact) mass is 194 g/mol. The zero-order chi connectivity index (χ0) is 10.4. The SMILES string of the molecule is CCC(OC)C(C)Oc1ccccc1. The van der Waals surface area contributed by atoms with Gasteiger partial charge >= 0.3 is 0 Å². The van der Waals surface area contributed by atoms with Gasteiger partial charge in [0, 0.05) is 7.11 Å². The van der Waals surface area contributed by atoms with Crippen molar-refractivity contribution in [1.82, 2.24) is 0 Å². The first kappa shape index (κ1) is 11.1. The molecule has 2 unspecified atom stereocenters. The summed E-state index contributed by atoms with van der Waals surface area (Å²) in [5.74, 6) is 0.899. The highest BCUT2D eigenvalue weighted by molar-refractivity contribution is 5.21. The first-order valence-electron chi connectivity index (χ1n) is 5.02. The summed E-state index contributed by atoms with van der Waals surface area (Å²) in [6.45, 7) is 4.13. The van der Waals surface area contributed by atoms with Gasteiger partial charge in [0.05, 0.1) is 6.10 Å². The van der Waals surface area contributed by atoms with Gasteiger partial charge in [-0.15, -0.1) is 0 Å². The van der Waals surface area contributed by atoms with Crippen molar-refractivity contribution < 1.29 is 9.47 Å². The third-order valence-electron chi connectivity index (χ3n) is 2.29. The van der Waals surface area contributed by atoms with Crippen LogP contribution in [0.1, 0.15) is 20.3 Å². The highest BCUT2D eigenvalue weighted by Crippen LogP contribution is 2.14. The normalized spacial score (nSPS) is 14.8. The van der Waals surface area contributed by atoms with E-state index in [4.69, 9.17) is 9.47 Å². The van der Waals surface area contributed by atoms with Gasteiger partial charge in [-0.05, 0) is 25.5 Å². The largest absolute Gasteiger partial charge is 0.488 e. The molecule has 1 aromatic carbocycles. The predicted octanol–water partition coefficient (Wildman–Crippen LogP) is 2.88. The zero-order valence-electron chi connectivity index (χ0n) is 9.07. The Bertz CT molecular complexity index is 242. The van der Waals surface area contributed by atoms with E-state index in [0.717, 1.165) is 12.2 Å². The molecular weight excluding hydrogens is 176 g/mol. The van der Waals surface area contributed by atoms with E-state index in [1.807, 2.05) is 37.3 Å². The first-order chi connectivity index (χ1) is 6.77. The summed E-state index contributed by atoms with van der Waals surface area (Å²) in [4.78, 5) is 0. The van der Waals surface area contributed by atoms with Crippen molar-refractivity contribution in [3.63, 3.8) is 0 Å². The van der Waals surface area contributed by atoms with E-state index in [0.29, 0.717) is 0 Å². The Kier molecular flexibility index (Phi) is 4.47. The van der Waals surface area contributed by atoms with Crippen LogP contribution in [-0.2, 0) is 4.74 Å². The van der Waals surface area contributed by atoms with Crippen LogP contribution in [-0.4, -0.2) is 19.3 Å². The van der Waals surface area contributed by atoms with Crippen LogP contribution in [0.15, 0.2) is 30.3 Å². The predicted molar refractivity (Wildman–Crippen MR) is 57.6 cm³/mol. The number of ether oxygens (including phenoxy) is 2. The van der Waals surface area contributed by atoms with E-state index in [1.165, 1.54) is 0 Å². The molecule has 0 fully saturated rings. The smallest absolute Gasteiger partial charge is 0.122 e. The van der Waals surface area contributed by atoms with E-state index in [9.17, 15) is 0 Å². The number of rotatable bonds is 5. The Morgan fingerprint density at radius 2 is 1.86 bits per heavy atom. The highest BCUT2D eigenvalue weighted by Gasteiger charge is 2.15. The van der Waals surface area contributed by atoms with Gasteiger partial charge in [0.1, 0.15) is 11.9 Å². The molecule has 0 saturated heterocycles. The van der Waals surface area contributed by atoms with Gasteiger partial charge in [-0.2, -0.15) is 0 Å². The Morgan fingerprint density at radius 3 is 2.36 bits per heavy atom. The van der Waals surface area contributed by atoms with Gasteiger partial charge in [-0.3, -0.25) is 0 Å². The Morgan fingerprint density at radius 1 is 1.21 bits per heavy atom. The minimum Gasteiger partial charge on any atom is -0.488 e. The molecule has 0 radical (unpaired) electrons. The molecule has 2 nitrogen and oxygen atoms in total. The fourth-order valence-electron chi connectivity index (χ4n) is 1.48. The van der Waals surface area contributed by atoms with Crippen LogP contribution in [0.4, 0.5) is 0 Å². The second kappa shape index (κ2) is 5.66. The average Bonchev–Trinajstić information content (AvgIpc) is 2.21. The van der Waals surface area contributed by atoms with Gasteiger partial charge in [0.15, 0.2) is 0 Å². The van der Waals surface area contributed by atoms with Crippen molar-refractivity contribution in [2.45, 2.75) is 32.5 Å². The summed E-state index contributed by atoms with van der Waals surface area (Å²) in [5.41, 5.74) is 0. The standard InChI is InChI=1S/C12H18O2/c1-4-12(13-3)10(2)14-11-8-6-5-7-9-11/h5-10,12H,4H2,1-3H3. The molecule has 0 heterocycles. The van der Waals surface area contributed by atoms with E-state index >= 15 is 0 Å².